The van der Waals surface area contributed by atoms with Crippen LogP contribution in [0.25, 0.3) is 0 Å². The van der Waals surface area contributed by atoms with E-state index in [1.165, 1.54) is 22.3 Å². The van der Waals surface area contributed by atoms with E-state index in [4.69, 9.17) is 0 Å². The predicted molar refractivity (Wildman–Crippen MR) is 229 cm³/mol. The summed E-state index contributed by atoms with van der Waals surface area (Å²) in [6.07, 6.45) is 33.3. The molecule has 0 nitrogen and oxygen atoms in total. The minimum absolute atomic E-state index is 0. The number of halogens is 2. The van der Waals surface area contributed by atoms with Gasteiger partial charge in [0.25, 0.3) is 0 Å². The minimum atomic E-state index is -3.12. The molecule has 0 aromatic heterocycles. The molecule has 2 aromatic carbocycles. The molecule has 0 amide bonds. The maximum atomic E-state index is 2.83. The summed E-state index contributed by atoms with van der Waals surface area (Å²) in [7, 11) is 0. The molecule has 294 valence electrons. The van der Waals surface area contributed by atoms with Crippen molar-refractivity contribution >= 4 is 3.21 Å². The maximum Gasteiger partial charge on any atom is -1.00 e. The van der Waals surface area contributed by atoms with Crippen LogP contribution in [0, 0.1) is 62.1 Å². The van der Waals surface area contributed by atoms with E-state index in [-0.39, 0.29) is 68.1 Å². The predicted octanol–water partition coefficient (Wildman–Crippen LogP) is 7.94. The van der Waals surface area contributed by atoms with Crippen LogP contribution >= 0.6 is 0 Å². The van der Waals surface area contributed by atoms with E-state index >= 15 is 0 Å². The van der Waals surface area contributed by atoms with E-state index < -0.39 is 21.3 Å². The normalized spacial score (nSPS) is 40.2. The third-order valence-corrected chi connectivity index (χ3v) is 27.5. The molecule has 0 bridgehead atoms. The maximum absolute atomic E-state index is 3.12. The number of allylic oxidation sites excluding steroid dienone is 16. The second kappa shape index (κ2) is 13.9. The molecule has 0 spiro atoms. The van der Waals surface area contributed by atoms with Crippen LogP contribution < -0.4 is 24.8 Å². The van der Waals surface area contributed by atoms with Crippen molar-refractivity contribution in [2.75, 3.05) is 0 Å². The van der Waals surface area contributed by atoms with Crippen LogP contribution in [-0.4, -0.2) is 3.21 Å². The first kappa shape index (κ1) is 43.3. The van der Waals surface area contributed by atoms with Crippen molar-refractivity contribution in [3.05, 3.63) is 165 Å². The molecule has 2 aromatic rings. The molecule has 0 heterocycles. The molecule has 3 heteroatoms. The van der Waals surface area contributed by atoms with Gasteiger partial charge in [0.15, 0.2) is 0 Å². The molecule has 6 aliphatic carbocycles. The Morgan fingerprint density at radius 2 is 1.16 bits per heavy atom. The van der Waals surface area contributed by atoms with Crippen molar-refractivity contribution < 1.29 is 46.1 Å². The number of aryl methyl sites for hydroxylation is 1. The minimum Gasteiger partial charge on any atom is -1.00 e. The second-order valence-electron chi connectivity index (χ2n) is 20.3. The van der Waals surface area contributed by atoms with E-state index in [1.54, 1.807) is 12.1 Å². The smallest absolute Gasteiger partial charge is 1.00 e. The van der Waals surface area contributed by atoms with Gasteiger partial charge in [0.2, 0.25) is 0 Å². The van der Waals surface area contributed by atoms with Gasteiger partial charge in [0, 0.05) is 0 Å². The van der Waals surface area contributed by atoms with Crippen molar-refractivity contribution in [3.8, 4) is 0 Å². The van der Waals surface area contributed by atoms with Crippen LogP contribution in [-0.2, 0) is 21.3 Å². The van der Waals surface area contributed by atoms with Crippen molar-refractivity contribution in [3.63, 3.8) is 0 Å². The van der Waals surface area contributed by atoms with E-state index in [0.29, 0.717) is 15.5 Å². The monoisotopic (exact) mass is 860 g/mol. The van der Waals surface area contributed by atoms with Crippen molar-refractivity contribution in [1.29, 1.82) is 0 Å². The van der Waals surface area contributed by atoms with Crippen molar-refractivity contribution in [1.82, 2.24) is 0 Å². The van der Waals surface area contributed by atoms with E-state index in [1.807, 2.05) is 0 Å². The average Bonchev–Trinajstić information content (AvgIpc) is 3.60. The van der Waals surface area contributed by atoms with Crippen LogP contribution in [0.15, 0.2) is 148 Å². The molecule has 0 N–H and O–H groups in total. The Morgan fingerprint density at radius 3 is 1.71 bits per heavy atom. The molecular formula is C53H64Cl2Zr. The van der Waals surface area contributed by atoms with Gasteiger partial charge in [-0.05, 0) is 0 Å². The summed E-state index contributed by atoms with van der Waals surface area (Å²) in [5.74, 6) is 0.799. The Morgan fingerprint density at radius 1 is 0.643 bits per heavy atom. The quantitative estimate of drug-likeness (QED) is 0.293. The Bertz CT molecular complexity index is 2200. The number of hydrogen-bond acceptors (Lipinski definition) is 0. The molecule has 0 saturated heterocycles. The van der Waals surface area contributed by atoms with Crippen LogP contribution in [0.1, 0.15) is 99.8 Å². The Labute approximate surface area is 360 Å². The largest absolute Gasteiger partial charge is 1.00 e. The average molecular weight is 863 g/mol. The summed E-state index contributed by atoms with van der Waals surface area (Å²) in [5, 5.41) is 0. The van der Waals surface area contributed by atoms with Gasteiger partial charge >= 0.3 is 338 Å². The van der Waals surface area contributed by atoms with E-state index in [9.17, 15) is 0 Å². The standard InChI is InChI=1S/C29H37.C14H12.C10H15.2ClH.Zr/c1-21-14-13-15-22-20-27(6)25(4)18-10-9-16-23(25,2)24(3)17-11-12-19-26(24,5)29(27,8)28(21,22)7;1-12-7-9-14(10-8-12)11-13-5-3-2-4-6-13;1-8-5-6-9(7-8)10(2,3)4;;;/h9-20,22H,1-8H3;2-10H,1H3;6-8H,1-4H3;2*1H;/q;;;;;+2/p-2. The number of fused-ring (bicyclic) bond motifs is 8. The summed E-state index contributed by atoms with van der Waals surface area (Å²) in [6.45, 7) is 33.5. The van der Waals surface area contributed by atoms with Gasteiger partial charge in [-0.25, -0.2) is 0 Å². The zero-order chi connectivity index (χ0) is 38.9. The summed E-state index contributed by atoms with van der Waals surface area (Å²) in [4.78, 5) is 0. The Kier molecular flexibility index (Phi) is 10.7. The Hall–Kier alpha value is -2.31. The number of hydrogen-bond donors (Lipinski definition) is 0. The van der Waals surface area contributed by atoms with Gasteiger partial charge < -0.3 is 24.8 Å². The fourth-order valence-corrected chi connectivity index (χ4v) is 25.7. The third-order valence-electron chi connectivity index (χ3n) is 17.9. The van der Waals surface area contributed by atoms with Crippen LogP contribution in [0.2, 0.25) is 3.63 Å². The molecular weight excluding hydrogens is 799 g/mol. The van der Waals surface area contributed by atoms with Gasteiger partial charge in [-0.15, -0.1) is 0 Å². The van der Waals surface area contributed by atoms with Crippen molar-refractivity contribution in [2.45, 2.75) is 93.6 Å². The molecule has 10 unspecified atom stereocenters. The molecule has 2 saturated carbocycles. The summed E-state index contributed by atoms with van der Waals surface area (Å²) >= 11 is -3.12. The van der Waals surface area contributed by atoms with E-state index in [0.717, 1.165) is 0 Å². The first-order valence-corrected chi connectivity index (χ1v) is 24.6. The van der Waals surface area contributed by atoms with Crippen LogP contribution in [0.3, 0.4) is 0 Å². The van der Waals surface area contributed by atoms with Crippen LogP contribution in [0.5, 0.6) is 0 Å². The zero-order valence-electron chi connectivity index (χ0n) is 36.2. The SMILES string of the molecule is CC1=CC=CC2[CH](/[Zr+2]([C]3=CC(C(C)(C)C)=CC3C)=[C](/c3ccccc3)c3ccc(C)cc3)C3(C)C4(C)C=CC=CC4(C)C4(C)C=CC=CC4(C)C3(C)C12C.[Cl-].[Cl-]. The first-order valence-electron chi connectivity index (χ1n) is 20.7. The van der Waals surface area contributed by atoms with Crippen LogP contribution in [0.4, 0.5) is 0 Å². The Balaban J connectivity index is 0.00000266. The van der Waals surface area contributed by atoms with Crippen molar-refractivity contribution in [2.24, 2.45) is 55.2 Å². The fraction of sp³-hybridized carbons (Fsp3) is 0.453. The third kappa shape index (κ3) is 5.02. The number of benzene rings is 2. The summed E-state index contributed by atoms with van der Waals surface area (Å²) in [6, 6.07) is 21.3. The second-order valence-corrected chi connectivity index (χ2v) is 26.5. The van der Waals surface area contributed by atoms with Gasteiger partial charge in [-0.3, -0.25) is 0 Å². The topological polar surface area (TPSA) is 0 Å². The van der Waals surface area contributed by atoms with Gasteiger partial charge in [-0.2, -0.15) is 0 Å². The molecule has 6 aliphatic rings. The van der Waals surface area contributed by atoms with Gasteiger partial charge in [0.1, 0.15) is 0 Å². The molecule has 8 rings (SSSR count). The molecule has 56 heavy (non-hydrogen) atoms. The van der Waals surface area contributed by atoms with E-state index in [2.05, 4.69) is 224 Å². The summed E-state index contributed by atoms with van der Waals surface area (Å²) < 4.78 is 3.92. The molecule has 0 radical (unpaired) electrons. The number of rotatable bonds is 4. The zero-order valence-corrected chi connectivity index (χ0v) is 40.2. The molecule has 2 fully saturated rings. The molecule has 10 atom stereocenters. The first-order chi connectivity index (χ1) is 25.3. The fourth-order valence-electron chi connectivity index (χ4n) is 14.0. The van der Waals surface area contributed by atoms with Gasteiger partial charge in [0.05, 0.1) is 0 Å². The molecule has 0 aliphatic heterocycles. The van der Waals surface area contributed by atoms with Gasteiger partial charge in [-0.1, -0.05) is 0 Å². The summed E-state index contributed by atoms with van der Waals surface area (Å²) in [5.41, 5.74) is 6.54.